The van der Waals surface area contributed by atoms with E-state index in [2.05, 4.69) is 21.6 Å². The number of carbonyl (C=O) groups is 1. The molecule has 2 aromatic heterocycles. The van der Waals surface area contributed by atoms with E-state index in [0.29, 0.717) is 32.3 Å². The maximum Gasteiger partial charge on any atom is 0.234 e. The summed E-state index contributed by atoms with van der Waals surface area (Å²) in [5, 5.41) is 14.8. The van der Waals surface area contributed by atoms with Gasteiger partial charge in [0.05, 0.1) is 26.5 Å². The molecule has 136 valence electrons. The van der Waals surface area contributed by atoms with Crippen molar-refractivity contribution in [1.82, 2.24) is 14.8 Å². The molecule has 0 saturated carbocycles. The summed E-state index contributed by atoms with van der Waals surface area (Å²) >= 11 is 20.9. The number of anilines is 1. The minimum atomic E-state index is -0.224. The summed E-state index contributed by atoms with van der Waals surface area (Å²) in [7, 11) is 1.89. The number of hydrogen-bond acceptors (Lipinski definition) is 5. The Morgan fingerprint density at radius 2 is 2.00 bits per heavy atom. The first-order chi connectivity index (χ1) is 12.4. The van der Waals surface area contributed by atoms with Crippen molar-refractivity contribution < 1.29 is 4.79 Å². The molecule has 0 radical (unpaired) electrons. The lowest BCUT2D eigenvalue weighted by Crippen LogP contribution is -2.15. The van der Waals surface area contributed by atoms with Crippen LogP contribution in [0.2, 0.25) is 15.1 Å². The minimum Gasteiger partial charge on any atom is -0.324 e. The monoisotopic (exact) mass is 446 g/mol. The number of thiophene rings is 1. The van der Waals surface area contributed by atoms with Crippen LogP contribution in [0, 0.1) is 0 Å². The number of thioether (sulfide) groups is 1. The number of benzene rings is 1. The second-order valence-corrected chi connectivity index (χ2v) is 8.49. The molecular formula is C16H13Cl3N4OS2. The van der Waals surface area contributed by atoms with Gasteiger partial charge in [-0.2, -0.15) is 0 Å². The van der Waals surface area contributed by atoms with Crippen molar-refractivity contribution >= 4 is 69.5 Å². The number of amides is 1. The number of halogens is 3. The van der Waals surface area contributed by atoms with E-state index >= 15 is 0 Å². The zero-order chi connectivity index (χ0) is 18.7. The van der Waals surface area contributed by atoms with Gasteiger partial charge < -0.3 is 9.88 Å². The lowest BCUT2D eigenvalue weighted by molar-refractivity contribution is -0.113. The van der Waals surface area contributed by atoms with Gasteiger partial charge in [0.2, 0.25) is 5.91 Å². The number of nitrogens with zero attached hydrogens (tertiary/aromatic N) is 3. The van der Waals surface area contributed by atoms with Crippen LogP contribution in [0.4, 0.5) is 5.69 Å². The normalized spacial score (nSPS) is 10.9. The maximum absolute atomic E-state index is 12.2. The van der Waals surface area contributed by atoms with E-state index in [1.54, 1.807) is 11.3 Å². The van der Waals surface area contributed by atoms with Crippen LogP contribution in [0.1, 0.15) is 10.7 Å². The van der Waals surface area contributed by atoms with E-state index in [1.807, 2.05) is 23.1 Å². The van der Waals surface area contributed by atoms with Crippen molar-refractivity contribution in [3.8, 4) is 0 Å². The van der Waals surface area contributed by atoms with Crippen LogP contribution >= 0.6 is 57.9 Å². The molecule has 0 aliphatic carbocycles. The molecule has 1 aromatic carbocycles. The molecule has 1 N–H and O–H groups in total. The summed E-state index contributed by atoms with van der Waals surface area (Å²) < 4.78 is 1.89. The Labute approximate surface area is 173 Å². The fourth-order valence-corrected chi connectivity index (χ4v) is 4.15. The molecule has 2 heterocycles. The molecule has 5 nitrogen and oxygen atoms in total. The van der Waals surface area contributed by atoms with Crippen molar-refractivity contribution in [1.29, 1.82) is 0 Å². The van der Waals surface area contributed by atoms with Crippen LogP contribution in [0.5, 0.6) is 0 Å². The standard InChI is InChI=1S/C16H13Cl3N4OS2/c1-23-14(5-9-3-2-4-25-9)21-22-16(23)26-8-15(24)20-13-7-11(18)10(17)6-12(13)19/h2-4,6-7H,5,8H2,1H3,(H,20,24). The predicted molar refractivity (Wildman–Crippen MR) is 109 cm³/mol. The van der Waals surface area contributed by atoms with E-state index in [9.17, 15) is 4.79 Å². The van der Waals surface area contributed by atoms with E-state index in [1.165, 1.54) is 28.8 Å². The lowest BCUT2D eigenvalue weighted by Gasteiger charge is -2.08. The van der Waals surface area contributed by atoms with Crippen LogP contribution < -0.4 is 5.32 Å². The zero-order valence-corrected chi connectivity index (χ0v) is 17.4. The molecule has 0 saturated heterocycles. The molecule has 0 spiro atoms. The van der Waals surface area contributed by atoms with Crippen molar-refractivity contribution in [2.45, 2.75) is 11.6 Å². The molecule has 0 unspecified atom stereocenters. The largest absolute Gasteiger partial charge is 0.324 e. The quantitative estimate of drug-likeness (QED) is 0.419. The Balaban J connectivity index is 1.60. The number of rotatable bonds is 6. The first kappa shape index (κ1) is 19.5. The molecule has 0 aliphatic heterocycles. The molecule has 0 atom stereocenters. The highest BCUT2D eigenvalue weighted by molar-refractivity contribution is 7.99. The van der Waals surface area contributed by atoms with Gasteiger partial charge in [-0.3, -0.25) is 4.79 Å². The minimum absolute atomic E-state index is 0.168. The molecule has 0 fully saturated rings. The van der Waals surface area contributed by atoms with E-state index in [-0.39, 0.29) is 11.7 Å². The first-order valence-corrected chi connectivity index (χ1v) is 10.4. The highest BCUT2D eigenvalue weighted by Crippen LogP contribution is 2.32. The summed E-state index contributed by atoms with van der Waals surface area (Å²) in [4.78, 5) is 13.4. The van der Waals surface area contributed by atoms with Gasteiger partial charge in [0.1, 0.15) is 5.82 Å². The van der Waals surface area contributed by atoms with E-state index in [4.69, 9.17) is 34.8 Å². The Morgan fingerprint density at radius 3 is 2.73 bits per heavy atom. The van der Waals surface area contributed by atoms with Gasteiger partial charge in [-0.1, -0.05) is 52.6 Å². The highest BCUT2D eigenvalue weighted by Gasteiger charge is 2.14. The molecule has 0 bridgehead atoms. The van der Waals surface area contributed by atoms with Crippen LogP contribution in [0.15, 0.2) is 34.8 Å². The molecule has 3 rings (SSSR count). The highest BCUT2D eigenvalue weighted by atomic mass is 35.5. The molecular weight excluding hydrogens is 435 g/mol. The summed E-state index contributed by atoms with van der Waals surface area (Å²) in [5.41, 5.74) is 0.419. The third-order valence-corrected chi connectivity index (χ3v) is 6.39. The van der Waals surface area contributed by atoms with Gasteiger partial charge in [0.25, 0.3) is 0 Å². The Bertz CT molecular complexity index is 928. The summed E-state index contributed by atoms with van der Waals surface area (Å²) in [6, 6.07) is 7.08. The predicted octanol–water partition coefficient (Wildman–Crippen LogP) is 5.16. The van der Waals surface area contributed by atoms with Gasteiger partial charge >= 0.3 is 0 Å². The van der Waals surface area contributed by atoms with Gasteiger partial charge in [0.15, 0.2) is 5.16 Å². The fourth-order valence-electron chi connectivity index (χ4n) is 2.13. The molecule has 10 heteroatoms. The average molecular weight is 448 g/mol. The topological polar surface area (TPSA) is 59.8 Å². The second-order valence-electron chi connectivity index (χ2n) is 5.30. The van der Waals surface area contributed by atoms with Gasteiger partial charge in [-0.25, -0.2) is 0 Å². The number of nitrogens with one attached hydrogen (secondary N) is 1. The van der Waals surface area contributed by atoms with Crippen molar-refractivity contribution in [3.63, 3.8) is 0 Å². The van der Waals surface area contributed by atoms with Crippen molar-refractivity contribution in [2.24, 2.45) is 7.05 Å². The summed E-state index contributed by atoms with van der Waals surface area (Å²) in [6.07, 6.45) is 0.715. The van der Waals surface area contributed by atoms with Crippen LogP contribution in [0.3, 0.4) is 0 Å². The van der Waals surface area contributed by atoms with E-state index in [0.717, 1.165) is 5.82 Å². The van der Waals surface area contributed by atoms with Crippen LogP contribution in [0.25, 0.3) is 0 Å². The number of hydrogen-bond donors (Lipinski definition) is 1. The van der Waals surface area contributed by atoms with Gasteiger partial charge in [-0.05, 0) is 23.6 Å². The molecule has 0 aliphatic rings. The third kappa shape index (κ3) is 4.72. The smallest absolute Gasteiger partial charge is 0.234 e. The zero-order valence-electron chi connectivity index (χ0n) is 13.5. The van der Waals surface area contributed by atoms with Gasteiger partial charge in [-0.15, -0.1) is 21.5 Å². The third-order valence-electron chi connectivity index (χ3n) is 3.45. The Morgan fingerprint density at radius 1 is 1.23 bits per heavy atom. The molecule has 26 heavy (non-hydrogen) atoms. The van der Waals surface area contributed by atoms with Crippen molar-refractivity contribution in [2.75, 3.05) is 11.1 Å². The summed E-state index contributed by atoms with van der Waals surface area (Å²) in [5.74, 6) is 0.794. The second kappa shape index (κ2) is 8.63. The maximum atomic E-state index is 12.2. The lowest BCUT2D eigenvalue weighted by atomic mass is 10.3. The average Bonchev–Trinajstić information content (AvgIpc) is 3.22. The molecule has 1 amide bonds. The SMILES string of the molecule is Cn1c(Cc2cccs2)nnc1SCC(=O)Nc1cc(Cl)c(Cl)cc1Cl. The molecule has 3 aromatic rings. The fraction of sp³-hybridized carbons (Fsp3) is 0.188. The van der Waals surface area contributed by atoms with E-state index < -0.39 is 0 Å². The number of carbonyl (C=O) groups excluding carboxylic acids is 1. The van der Waals surface area contributed by atoms with Crippen molar-refractivity contribution in [3.05, 3.63) is 55.4 Å². The Hall–Kier alpha value is -1.25. The van der Waals surface area contributed by atoms with Crippen LogP contribution in [-0.2, 0) is 18.3 Å². The van der Waals surface area contributed by atoms with Crippen LogP contribution in [-0.4, -0.2) is 26.4 Å². The summed E-state index contributed by atoms with van der Waals surface area (Å²) in [6.45, 7) is 0. The van der Waals surface area contributed by atoms with Gasteiger partial charge in [0, 0.05) is 18.3 Å². The first-order valence-electron chi connectivity index (χ1n) is 7.42. The number of aromatic nitrogens is 3. The Kier molecular flexibility index (Phi) is 6.47.